The monoisotopic (exact) mass is 210 g/mol. The van der Waals surface area contributed by atoms with Crippen molar-refractivity contribution < 1.29 is 0 Å². The van der Waals surface area contributed by atoms with E-state index < -0.39 is 0 Å². The summed E-state index contributed by atoms with van der Waals surface area (Å²) < 4.78 is 2.15. The lowest BCUT2D eigenvalue weighted by Crippen LogP contribution is -2.08. The standard InChI is InChI=1S/C9H14N4S/c14-9-12-10-7-13(9)11-6-8-4-2-1-3-5-8/h6-8H,1-5H2,(H,12,14)/b11-6-. The highest BCUT2D eigenvalue weighted by molar-refractivity contribution is 7.71. The molecule has 0 amide bonds. The van der Waals surface area contributed by atoms with E-state index in [0.717, 1.165) is 0 Å². The number of aromatic nitrogens is 3. The van der Waals surface area contributed by atoms with Gasteiger partial charge in [0, 0.05) is 6.21 Å². The van der Waals surface area contributed by atoms with E-state index in [1.807, 2.05) is 6.21 Å². The van der Waals surface area contributed by atoms with Crippen LogP contribution in [0.5, 0.6) is 0 Å². The van der Waals surface area contributed by atoms with E-state index in [2.05, 4.69) is 15.3 Å². The molecule has 1 aliphatic carbocycles. The minimum Gasteiger partial charge on any atom is -0.250 e. The van der Waals surface area contributed by atoms with Gasteiger partial charge in [0.25, 0.3) is 0 Å². The predicted octanol–water partition coefficient (Wildman–Crippen LogP) is 2.35. The van der Waals surface area contributed by atoms with Crippen LogP contribution in [0.1, 0.15) is 32.1 Å². The number of nitrogens with zero attached hydrogens (tertiary/aromatic N) is 3. The quantitative estimate of drug-likeness (QED) is 0.601. The molecule has 0 atom stereocenters. The van der Waals surface area contributed by atoms with Crippen molar-refractivity contribution in [1.82, 2.24) is 14.9 Å². The largest absolute Gasteiger partial charge is 0.250 e. The zero-order valence-electron chi connectivity index (χ0n) is 8.02. The molecule has 1 aromatic heterocycles. The van der Waals surface area contributed by atoms with Crippen molar-refractivity contribution in [3.8, 4) is 0 Å². The van der Waals surface area contributed by atoms with Crippen LogP contribution in [-0.2, 0) is 0 Å². The molecule has 0 unspecified atom stereocenters. The zero-order chi connectivity index (χ0) is 9.80. The number of H-pyrrole nitrogens is 1. The molecular formula is C9H14N4S. The third-order valence-electron chi connectivity index (χ3n) is 2.59. The molecule has 0 saturated heterocycles. The van der Waals surface area contributed by atoms with Gasteiger partial charge in [-0.15, -0.1) is 0 Å². The van der Waals surface area contributed by atoms with Crippen molar-refractivity contribution >= 4 is 18.4 Å². The Morgan fingerprint density at radius 3 is 2.93 bits per heavy atom. The fourth-order valence-corrected chi connectivity index (χ4v) is 1.92. The molecule has 1 aromatic rings. The number of aromatic amines is 1. The van der Waals surface area contributed by atoms with Crippen LogP contribution in [0.15, 0.2) is 11.4 Å². The van der Waals surface area contributed by atoms with E-state index >= 15 is 0 Å². The molecular weight excluding hydrogens is 196 g/mol. The minimum atomic E-state index is 0.553. The van der Waals surface area contributed by atoms with Crippen LogP contribution >= 0.6 is 12.2 Å². The first-order valence-electron chi connectivity index (χ1n) is 5.03. The zero-order valence-corrected chi connectivity index (χ0v) is 8.83. The molecule has 0 radical (unpaired) electrons. The maximum atomic E-state index is 4.98. The molecule has 0 bridgehead atoms. The molecule has 0 aliphatic heterocycles. The highest BCUT2D eigenvalue weighted by Gasteiger charge is 2.10. The lowest BCUT2D eigenvalue weighted by Gasteiger charge is -2.16. The second-order valence-electron chi connectivity index (χ2n) is 3.67. The molecule has 0 spiro atoms. The van der Waals surface area contributed by atoms with Gasteiger partial charge in [0.15, 0.2) is 0 Å². The predicted molar refractivity (Wildman–Crippen MR) is 57.9 cm³/mol. The third kappa shape index (κ3) is 2.29. The Balaban J connectivity index is 1.99. The van der Waals surface area contributed by atoms with Gasteiger partial charge in [-0.05, 0) is 31.0 Å². The number of hydrogen-bond donors (Lipinski definition) is 1. The molecule has 14 heavy (non-hydrogen) atoms. The van der Waals surface area contributed by atoms with Crippen molar-refractivity contribution in [1.29, 1.82) is 0 Å². The maximum absolute atomic E-state index is 4.98. The highest BCUT2D eigenvalue weighted by Crippen LogP contribution is 2.21. The normalized spacial score (nSPS) is 19.1. The molecule has 2 rings (SSSR count). The average molecular weight is 210 g/mol. The Bertz CT molecular complexity index is 359. The van der Waals surface area contributed by atoms with Gasteiger partial charge < -0.3 is 0 Å². The van der Waals surface area contributed by atoms with Crippen LogP contribution in [-0.4, -0.2) is 21.1 Å². The van der Waals surface area contributed by atoms with Crippen LogP contribution in [0.2, 0.25) is 0 Å². The Labute approximate surface area is 88.0 Å². The summed E-state index contributed by atoms with van der Waals surface area (Å²) in [5.74, 6) is 0.626. The number of rotatable bonds is 2. The summed E-state index contributed by atoms with van der Waals surface area (Å²) >= 11 is 4.98. The minimum absolute atomic E-state index is 0.553. The molecule has 76 valence electrons. The first-order valence-corrected chi connectivity index (χ1v) is 5.43. The van der Waals surface area contributed by atoms with Crippen LogP contribution in [0, 0.1) is 10.7 Å². The van der Waals surface area contributed by atoms with Crippen molar-refractivity contribution in [2.75, 3.05) is 0 Å². The van der Waals surface area contributed by atoms with E-state index in [1.165, 1.54) is 32.1 Å². The summed E-state index contributed by atoms with van der Waals surface area (Å²) in [5.41, 5.74) is 0. The van der Waals surface area contributed by atoms with Gasteiger partial charge in [0.1, 0.15) is 6.33 Å². The van der Waals surface area contributed by atoms with Crippen LogP contribution in [0.3, 0.4) is 0 Å². The summed E-state index contributed by atoms with van der Waals surface area (Å²) in [7, 11) is 0. The number of nitrogens with one attached hydrogen (secondary N) is 1. The van der Waals surface area contributed by atoms with Gasteiger partial charge in [-0.3, -0.25) is 5.10 Å². The second-order valence-corrected chi connectivity index (χ2v) is 4.06. The fraction of sp³-hybridized carbons (Fsp3) is 0.667. The smallest absolute Gasteiger partial charge is 0.216 e. The van der Waals surface area contributed by atoms with Gasteiger partial charge in [-0.2, -0.15) is 14.9 Å². The van der Waals surface area contributed by atoms with Crippen molar-refractivity contribution in [3.63, 3.8) is 0 Å². The van der Waals surface area contributed by atoms with Gasteiger partial charge in [0.05, 0.1) is 0 Å². The molecule has 1 fully saturated rings. The van der Waals surface area contributed by atoms with Crippen LogP contribution in [0.25, 0.3) is 0 Å². The lowest BCUT2D eigenvalue weighted by atomic mass is 9.90. The Kier molecular flexibility index (Phi) is 3.08. The van der Waals surface area contributed by atoms with Gasteiger partial charge in [-0.25, -0.2) is 0 Å². The highest BCUT2D eigenvalue weighted by atomic mass is 32.1. The Morgan fingerprint density at radius 1 is 1.50 bits per heavy atom. The first kappa shape index (κ1) is 9.58. The number of hydrogen-bond acceptors (Lipinski definition) is 3. The first-order chi connectivity index (χ1) is 6.86. The molecule has 1 heterocycles. The molecule has 5 heteroatoms. The molecule has 1 saturated carbocycles. The molecule has 0 aromatic carbocycles. The fourth-order valence-electron chi connectivity index (χ4n) is 1.77. The van der Waals surface area contributed by atoms with Gasteiger partial charge in [0.2, 0.25) is 4.77 Å². The lowest BCUT2D eigenvalue weighted by molar-refractivity contribution is 0.443. The van der Waals surface area contributed by atoms with E-state index in [-0.39, 0.29) is 0 Å². The summed E-state index contributed by atoms with van der Waals surface area (Å²) in [6.45, 7) is 0. The van der Waals surface area contributed by atoms with Crippen LogP contribution in [0.4, 0.5) is 0 Å². The second kappa shape index (κ2) is 4.50. The van der Waals surface area contributed by atoms with Crippen molar-refractivity contribution in [2.24, 2.45) is 11.0 Å². The van der Waals surface area contributed by atoms with Crippen molar-refractivity contribution in [2.45, 2.75) is 32.1 Å². The SMILES string of the molecule is S=c1[nH]ncn1/N=C\C1CCCCC1. The average Bonchev–Trinajstić information content (AvgIpc) is 2.63. The maximum Gasteiger partial charge on any atom is 0.216 e. The van der Waals surface area contributed by atoms with Crippen molar-refractivity contribution in [3.05, 3.63) is 11.1 Å². The van der Waals surface area contributed by atoms with Crippen LogP contribution < -0.4 is 0 Å². The molecule has 4 nitrogen and oxygen atoms in total. The van der Waals surface area contributed by atoms with Gasteiger partial charge in [-0.1, -0.05) is 19.3 Å². The Morgan fingerprint density at radius 2 is 2.29 bits per heavy atom. The third-order valence-corrected chi connectivity index (χ3v) is 2.87. The van der Waals surface area contributed by atoms with Gasteiger partial charge >= 0.3 is 0 Å². The Hall–Kier alpha value is -0.970. The van der Waals surface area contributed by atoms with E-state index in [1.54, 1.807) is 11.0 Å². The molecule has 1 aliphatic rings. The summed E-state index contributed by atoms with van der Waals surface area (Å²) in [6.07, 6.45) is 10.1. The van der Waals surface area contributed by atoms with E-state index in [9.17, 15) is 0 Å². The van der Waals surface area contributed by atoms with E-state index in [4.69, 9.17) is 12.2 Å². The topological polar surface area (TPSA) is 46.0 Å². The summed E-state index contributed by atoms with van der Waals surface area (Å²) in [4.78, 5) is 0. The summed E-state index contributed by atoms with van der Waals surface area (Å²) in [5, 5.41) is 10.8. The molecule has 1 N–H and O–H groups in total. The summed E-state index contributed by atoms with van der Waals surface area (Å²) in [6, 6.07) is 0. The van der Waals surface area contributed by atoms with E-state index in [0.29, 0.717) is 10.7 Å².